The Bertz CT molecular complexity index is 1280. The second-order valence-electron chi connectivity index (χ2n) is 12.6. The maximum atomic E-state index is 12.3. The molecule has 274 valence electrons. The number of fused-ring (bicyclic) bond motifs is 2. The first-order valence-corrected chi connectivity index (χ1v) is 16.5. The zero-order chi connectivity index (χ0) is 36.3. The van der Waals surface area contributed by atoms with Gasteiger partial charge in [-0.1, -0.05) is 54.7 Å². The van der Waals surface area contributed by atoms with Crippen molar-refractivity contribution < 1.29 is 64.3 Å². The monoisotopic (exact) mass is 693 g/mol. The Morgan fingerprint density at radius 1 is 0.980 bits per heavy atom. The van der Waals surface area contributed by atoms with Gasteiger partial charge in [-0.05, 0) is 45.3 Å². The zero-order valence-electron chi connectivity index (χ0n) is 28.0. The van der Waals surface area contributed by atoms with Crippen molar-refractivity contribution in [3.8, 4) is 0 Å². The van der Waals surface area contributed by atoms with Crippen LogP contribution in [0.15, 0.2) is 72.4 Å². The minimum Gasteiger partial charge on any atom is -0.481 e. The Hall–Kier alpha value is -3.02. The van der Waals surface area contributed by atoms with Crippen molar-refractivity contribution in [2.75, 3.05) is 0 Å². The highest BCUT2D eigenvalue weighted by atomic mass is 16.7. The number of esters is 1. The van der Waals surface area contributed by atoms with Crippen molar-refractivity contribution in [2.24, 2.45) is 11.7 Å². The minimum atomic E-state index is -2.00. The summed E-state index contributed by atoms with van der Waals surface area (Å²) < 4.78 is 23.1. The van der Waals surface area contributed by atoms with Crippen LogP contribution in [-0.2, 0) is 28.5 Å². The highest BCUT2D eigenvalue weighted by Crippen LogP contribution is 2.38. The van der Waals surface area contributed by atoms with Crippen molar-refractivity contribution in [2.45, 2.75) is 126 Å². The summed E-state index contributed by atoms with van der Waals surface area (Å²) in [5.74, 6) is -5.53. The summed E-state index contributed by atoms with van der Waals surface area (Å²) in [6.45, 7) is 5.05. The molecule has 0 spiro atoms. The van der Waals surface area contributed by atoms with Gasteiger partial charge >= 0.3 is 11.9 Å². The average molecular weight is 694 g/mol. The molecule has 3 aliphatic rings. The molecule has 3 aliphatic heterocycles. The van der Waals surface area contributed by atoms with Crippen LogP contribution in [0.1, 0.15) is 52.9 Å². The van der Waals surface area contributed by atoms with Crippen LogP contribution >= 0.6 is 0 Å². The number of hydrogen-bond acceptors (Lipinski definition) is 13. The Morgan fingerprint density at radius 2 is 1.65 bits per heavy atom. The molecule has 2 bridgehead atoms. The average Bonchev–Trinajstić information content (AvgIpc) is 3.03. The summed E-state index contributed by atoms with van der Waals surface area (Å²) in [6.07, 6.45) is 4.93. The number of nitrogens with two attached hydrogens (primary N) is 1. The number of carbonyl (C=O) groups excluding carboxylic acids is 1. The number of rotatable bonds is 3. The number of carbonyl (C=O) groups is 2. The van der Waals surface area contributed by atoms with E-state index >= 15 is 0 Å². The Kier molecular flexibility index (Phi) is 15.5. The van der Waals surface area contributed by atoms with Gasteiger partial charge in [0.05, 0.1) is 48.8 Å². The molecule has 0 aromatic rings. The van der Waals surface area contributed by atoms with Crippen molar-refractivity contribution in [1.82, 2.24) is 0 Å². The molecule has 13 atom stereocenters. The third-order valence-corrected chi connectivity index (χ3v) is 8.83. The predicted octanol–water partition coefficient (Wildman–Crippen LogP) is 0.660. The molecule has 0 amide bonds. The van der Waals surface area contributed by atoms with Crippen molar-refractivity contribution >= 4 is 11.9 Å². The fourth-order valence-corrected chi connectivity index (χ4v) is 5.97. The normalized spacial score (nSPS) is 44.5. The third kappa shape index (κ3) is 11.8. The second kappa shape index (κ2) is 18.8. The molecule has 0 saturated carbocycles. The molecule has 14 nitrogen and oxygen atoms in total. The van der Waals surface area contributed by atoms with Gasteiger partial charge in [0.1, 0.15) is 18.1 Å². The van der Waals surface area contributed by atoms with Crippen LogP contribution in [0, 0.1) is 5.92 Å². The fourth-order valence-electron chi connectivity index (χ4n) is 5.97. The molecule has 0 aromatic heterocycles. The maximum absolute atomic E-state index is 12.3. The molecule has 0 unspecified atom stereocenters. The summed E-state index contributed by atoms with van der Waals surface area (Å²) in [6, 6.07) is -1.09. The number of allylic oxidation sites excluding steroid dienone is 7. The predicted molar refractivity (Wildman–Crippen MR) is 176 cm³/mol. The van der Waals surface area contributed by atoms with Gasteiger partial charge in [0.15, 0.2) is 12.1 Å². The lowest BCUT2D eigenvalue weighted by Crippen LogP contribution is -2.61. The Labute approximate surface area is 286 Å². The number of cyclic esters (lactones) is 1. The van der Waals surface area contributed by atoms with E-state index in [1.165, 1.54) is 0 Å². The van der Waals surface area contributed by atoms with Crippen LogP contribution in [-0.4, -0.2) is 121 Å². The molecule has 2 saturated heterocycles. The summed E-state index contributed by atoms with van der Waals surface area (Å²) in [5, 5.41) is 74.0. The lowest BCUT2D eigenvalue weighted by atomic mass is 9.83. The second-order valence-corrected chi connectivity index (χ2v) is 12.6. The van der Waals surface area contributed by atoms with Crippen LogP contribution in [0.2, 0.25) is 0 Å². The maximum Gasteiger partial charge on any atom is 0.331 e. The summed E-state index contributed by atoms with van der Waals surface area (Å²) in [5.41, 5.74) is 6.70. The van der Waals surface area contributed by atoms with Gasteiger partial charge in [-0.2, -0.15) is 0 Å². The molecule has 3 rings (SSSR count). The molecule has 9 N–H and O–H groups in total. The molecule has 0 aliphatic carbocycles. The molecule has 2 fully saturated rings. The lowest BCUT2D eigenvalue weighted by Gasteiger charge is -2.45. The first-order valence-electron chi connectivity index (χ1n) is 16.5. The molecule has 0 radical (unpaired) electrons. The van der Waals surface area contributed by atoms with E-state index in [0.717, 1.165) is 17.7 Å². The molecule has 0 aromatic carbocycles. The number of carboxylic acid groups (broad SMARTS) is 1. The van der Waals surface area contributed by atoms with Crippen LogP contribution in [0.4, 0.5) is 0 Å². The Morgan fingerprint density at radius 3 is 2.33 bits per heavy atom. The highest BCUT2D eigenvalue weighted by Gasteiger charge is 2.50. The van der Waals surface area contributed by atoms with Gasteiger partial charge in [0, 0.05) is 25.3 Å². The molecule has 3 heterocycles. The SMILES string of the molecule is C\C=C1/C=C/C=C/C=C/C=C/[C@H](O[C@@H]2O[C@H](C)[C@@H](O)[C@H](N)[C@@H]2O)C[C@@H]2O[C@](O)(CCC[C@@H](O)[C@H](O)/C=C/C(=O)O[C@@H]1C)C[C@H](O)[C@H]2C(=O)O. The van der Waals surface area contributed by atoms with E-state index in [1.807, 2.05) is 0 Å². The van der Waals surface area contributed by atoms with E-state index in [4.69, 9.17) is 24.7 Å². The van der Waals surface area contributed by atoms with Crippen molar-refractivity contribution in [3.05, 3.63) is 72.4 Å². The van der Waals surface area contributed by atoms with Gasteiger partial charge in [0.25, 0.3) is 0 Å². The standard InChI is InChI=1S/C35H51NO13/c1-4-22-12-9-7-5-6-8-10-13-23(48-34-32(42)30(36)31(41)21(3)47-34)18-27-29(33(43)44)26(39)19-35(45,49-27)17-11-14-24(37)25(38)15-16-28(40)46-20(22)2/h4-10,12-13,15-16,20-21,23-27,29-32,34,37-39,41-42,45H,11,14,17-19,36H2,1-3H3,(H,43,44)/b7-5+,8-6+,12-9+,13-10+,16-15+,22-4+/t20-,21-,23+,24-,25-,26+,27+,29-,30+,31-,32+,34+,35-/m1/s1. The molecule has 14 heteroatoms. The van der Waals surface area contributed by atoms with E-state index in [1.54, 1.807) is 75.5 Å². The first kappa shape index (κ1) is 40.4. The summed E-state index contributed by atoms with van der Waals surface area (Å²) >= 11 is 0. The van der Waals surface area contributed by atoms with Crippen LogP contribution in [0.25, 0.3) is 0 Å². The number of aliphatic hydroxyl groups excluding tert-OH is 5. The van der Waals surface area contributed by atoms with Crippen LogP contribution < -0.4 is 5.73 Å². The zero-order valence-corrected chi connectivity index (χ0v) is 28.0. The Balaban J connectivity index is 1.93. The molecule has 49 heavy (non-hydrogen) atoms. The minimum absolute atomic E-state index is 0.0329. The number of aliphatic hydroxyl groups is 6. The first-order chi connectivity index (χ1) is 23.2. The largest absolute Gasteiger partial charge is 0.481 e. The topological polar surface area (TPSA) is 239 Å². The molecular formula is C35H51NO13. The van der Waals surface area contributed by atoms with Gasteiger partial charge in [0.2, 0.25) is 0 Å². The lowest BCUT2D eigenvalue weighted by molar-refractivity contribution is -0.304. The number of carboxylic acids is 1. The van der Waals surface area contributed by atoms with E-state index in [2.05, 4.69) is 0 Å². The van der Waals surface area contributed by atoms with Gasteiger partial charge in [-0.15, -0.1) is 0 Å². The van der Waals surface area contributed by atoms with E-state index in [-0.39, 0.29) is 25.7 Å². The highest BCUT2D eigenvalue weighted by molar-refractivity contribution is 5.82. The van der Waals surface area contributed by atoms with Gasteiger partial charge in [-0.3, -0.25) is 4.79 Å². The van der Waals surface area contributed by atoms with E-state index in [9.17, 15) is 45.3 Å². The van der Waals surface area contributed by atoms with E-state index < -0.39 is 97.3 Å². The van der Waals surface area contributed by atoms with Crippen LogP contribution in [0.3, 0.4) is 0 Å². The van der Waals surface area contributed by atoms with Crippen LogP contribution in [0.5, 0.6) is 0 Å². The molecular weight excluding hydrogens is 642 g/mol. The number of ether oxygens (including phenoxy) is 4. The van der Waals surface area contributed by atoms with Crippen molar-refractivity contribution in [1.29, 1.82) is 0 Å². The fraction of sp³-hybridized carbons (Fsp3) is 0.600. The smallest absolute Gasteiger partial charge is 0.331 e. The quantitative estimate of drug-likeness (QED) is 0.190. The van der Waals surface area contributed by atoms with Gasteiger partial charge in [-0.25, -0.2) is 4.79 Å². The summed E-state index contributed by atoms with van der Waals surface area (Å²) in [7, 11) is 0. The number of aliphatic carboxylic acids is 1. The van der Waals surface area contributed by atoms with E-state index in [0.29, 0.717) is 0 Å². The summed E-state index contributed by atoms with van der Waals surface area (Å²) in [4.78, 5) is 24.6. The van der Waals surface area contributed by atoms with Crippen molar-refractivity contribution in [3.63, 3.8) is 0 Å². The third-order valence-electron chi connectivity index (χ3n) is 8.83. The van der Waals surface area contributed by atoms with Gasteiger partial charge < -0.3 is 60.4 Å². The number of hydrogen-bond donors (Lipinski definition) is 8.